The Morgan fingerprint density at radius 2 is 2.06 bits per heavy atom. The number of ether oxygens (including phenoxy) is 2. The molecule has 182 valence electrons. The van der Waals surface area contributed by atoms with Gasteiger partial charge >= 0.3 is 12.0 Å². The molecule has 1 aromatic heterocycles. The van der Waals surface area contributed by atoms with E-state index in [9.17, 15) is 9.59 Å². The zero-order chi connectivity index (χ0) is 24.8. The molecule has 35 heavy (non-hydrogen) atoms. The van der Waals surface area contributed by atoms with Crippen LogP contribution >= 0.6 is 0 Å². The first-order chi connectivity index (χ1) is 16.9. The summed E-state index contributed by atoms with van der Waals surface area (Å²) in [6.45, 7) is 5.26. The van der Waals surface area contributed by atoms with Crippen molar-refractivity contribution in [2.75, 3.05) is 37.4 Å². The van der Waals surface area contributed by atoms with E-state index >= 15 is 0 Å². The van der Waals surface area contributed by atoms with E-state index in [4.69, 9.17) is 9.47 Å². The molecule has 2 N–H and O–H groups in total. The summed E-state index contributed by atoms with van der Waals surface area (Å²) in [5.41, 5.74) is 2.43. The molecule has 2 unspecified atom stereocenters. The molecule has 9 heteroatoms. The van der Waals surface area contributed by atoms with E-state index < -0.39 is 0 Å². The number of hydrogen-bond donors (Lipinski definition) is 2. The molecule has 1 amide bonds. The summed E-state index contributed by atoms with van der Waals surface area (Å²) in [6.07, 6.45) is 3.06. The number of fused-ring (bicyclic) bond motifs is 1. The molecule has 1 aliphatic heterocycles. The van der Waals surface area contributed by atoms with E-state index in [0.29, 0.717) is 30.1 Å². The lowest BCUT2D eigenvalue weighted by Gasteiger charge is -2.29. The Kier molecular flexibility index (Phi) is 7.57. The summed E-state index contributed by atoms with van der Waals surface area (Å²) in [5, 5.41) is 7.07. The molecule has 1 saturated heterocycles. The molecule has 1 aliphatic rings. The van der Waals surface area contributed by atoms with Crippen LogP contribution < -0.4 is 15.4 Å². The Morgan fingerprint density at radius 3 is 2.80 bits per heavy atom. The molecular formula is C26H29N5O4. The van der Waals surface area contributed by atoms with Crippen molar-refractivity contribution in [2.24, 2.45) is 0 Å². The number of morpholine rings is 1. The minimum absolute atomic E-state index is 0.00465. The van der Waals surface area contributed by atoms with Gasteiger partial charge in [0, 0.05) is 36.3 Å². The van der Waals surface area contributed by atoms with Crippen molar-refractivity contribution >= 4 is 34.3 Å². The summed E-state index contributed by atoms with van der Waals surface area (Å²) in [6, 6.07) is 15.7. The lowest BCUT2D eigenvalue weighted by atomic mass is 10.1. The normalized spacial score (nSPS) is 17.2. The number of methoxy groups -OCH3 is 1. The SMILES string of the molecule is COc1nc(NC(C)c2ccccc2)c2cc(NC(=O)C=CCN3CC(=O)OC(C)C3)ccc2n1. The molecule has 0 radical (unpaired) electrons. The third kappa shape index (κ3) is 6.33. The predicted molar refractivity (Wildman–Crippen MR) is 134 cm³/mol. The molecule has 4 rings (SSSR count). The number of carbonyl (C=O) groups excluding carboxylic acids is 2. The van der Waals surface area contributed by atoms with Gasteiger partial charge in [-0.3, -0.25) is 14.5 Å². The maximum Gasteiger partial charge on any atom is 0.320 e. The minimum Gasteiger partial charge on any atom is -0.467 e. The number of aromatic nitrogens is 2. The summed E-state index contributed by atoms with van der Waals surface area (Å²) in [5.74, 6) is 0.0992. The molecule has 0 saturated carbocycles. The fourth-order valence-corrected chi connectivity index (χ4v) is 3.96. The number of anilines is 2. The lowest BCUT2D eigenvalue weighted by molar-refractivity contribution is -0.156. The third-order valence-corrected chi connectivity index (χ3v) is 5.61. The summed E-state index contributed by atoms with van der Waals surface area (Å²) in [7, 11) is 1.53. The first-order valence-corrected chi connectivity index (χ1v) is 11.5. The molecule has 0 aliphatic carbocycles. The number of nitrogens with zero attached hydrogens (tertiary/aromatic N) is 3. The van der Waals surface area contributed by atoms with Gasteiger partial charge in [-0.15, -0.1) is 0 Å². The van der Waals surface area contributed by atoms with Crippen LogP contribution in [0, 0.1) is 0 Å². The van der Waals surface area contributed by atoms with E-state index in [1.54, 1.807) is 12.1 Å². The fourth-order valence-electron chi connectivity index (χ4n) is 3.96. The van der Waals surface area contributed by atoms with Gasteiger partial charge in [0.2, 0.25) is 5.91 Å². The Balaban J connectivity index is 1.48. The van der Waals surface area contributed by atoms with Crippen molar-refractivity contribution in [3.05, 3.63) is 66.2 Å². The molecule has 2 heterocycles. The summed E-state index contributed by atoms with van der Waals surface area (Å²) >= 11 is 0. The predicted octanol–water partition coefficient (Wildman–Crippen LogP) is 3.55. The van der Waals surface area contributed by atoms with Gasteiger partial charge in [-0.25, -0.2) is 0 Å². The second-order valence-electron chi connectivity index (χ2n) is 8.45. The van der Waals surface area contributed by atoms with Gasteiger partial charge in [-0.05, 0) is 37.6 Å². The maximum absolute atomic E-state index is 12.5. The zero-order valence-electron chi connectivity index (χ0n) is 20.0. The van der Waals surface area contributed by atoms with Gasteiger partial charge in [-0.1, -0.05) is 36.4 Å². The van der Waals surface area contributed by atoms with Crippen LogP contribution in [0.15, 0.2) is 60.7 Å². The second kappa shape index (κ2) is 11.0. The van der Waals surface area contributed by atoms with E-state index in [1.807, 2.05) is 54.3 Å². The van der Waals surface area contributed by atoms with Gasteiger partial charge < -0.3 is 20.1 Å². The first kappa shape index (κ1) is 24.2. The van der Waals surface area contributed by atoms with E-state index in [0.717, 1.165) is 10.9 Å². The number of carbonyl (C=O) groups is 2. The molecular weight excluding hydrogens is 446 g/mol. The van der Waals surface area contributed by atoms with E-state index in [1.165, 1.54) is 13.2 Å². The molecule has 1 fully saturated rings. The number of cyclic esters (lactones) is 1. The molecule has 9 nitrogen and oxygen atoms in total. The molecule has 2 aromatic carbocycles. The first-order valence-electron chi connectivity index (χ1n) is 11.5. The van der Waals surface area contributed by atoms with Gasteiger partial charge in [0.15, 0.2) is 0 Å². The Labute approximate surface area is 204 Å². The quantitative estimate of drug-likeness (QED) is 0.376. The number of nitrogens with one attached hydrogen (secondary N) is 2. The minimum atomic E-state index is -0.265. The van der Waals surface area contributed by atoms with Crippen LogP contribution in [-0.2, 0) is 14.3 Å². The second-order valence-corrected chi connectivity index (χ2v) is 8.45. The molecule has 3 aromatic rings. The lowest BCUT2D eigenvalue weighted by Crippen LogP contribution is -2.44. The van der Waals surface area contributed by atoms with Crippen molar-refractivity contribution in [1.29, 1.82) is 0 Å². The Hall–Kier alpha value is -3.98. The van der Waals surface area contributed by atoms with Crippen LogP contribution in [0.5, 0.6) is 6.01 Å². The highest BCUT2D eigenvalue weighted by molar-refractivity contribution is 6.01. The molecule has 0 bridgehead atoms. The largest absolute Gasteiger partial charge is 0.467 e. The summed E-state index contributed by atoms with van der Waals surface area (Å²) in [4.78, 5) is 34.9. The number of rotatable bonds is 8. The van der Waals surface area contributed by atoms with Crippen LogP contribution in [0.2, 0.25) is 0 Å². The average Bonchev–Trinajstić information content (AvgIpc) is 2.84. The Morgan fingerprint density at radius 1 is 1.26 bits per heavy atom. The van der Waals surface area contributed by atoms with Gasteiger partial charge in [0.1, 0.15) is 11.9 Å². The maximum atomic E-state index is 12.5. The average molecular weight is 476 g/mol. The van der Waals surface area contributed by atoms with Crippen molar-refractivity contribution in [3.8, 4) is 6.01 Å². The van der Waals surface area contributed by atoms with Crippen molar-refractivity contribution in [1.82, 2.24) is 14.9 Å². The van der Waals surface area contributed by atoms with Gasteiger partial charge in [0.05, 0.1) is 19.2 Å². The standard InChI is InChI=1S/C26H29N5O4/c1-17-15-31(16-24(33)35-17)13-7-10-23(32)28-20-11-12-22-21(14-20)25(30-26(29-22)34-3)27-18(2)19-8-5-4-6-9-19/h4-12,14,17-18H,13,15-16H2,1-3H3,(H,28,32)(H,27,29,30). The van der Waals surface area contributed by atoms with E-state index in [2.05, 4.69) is 27.5 Å². The molecule has 2 atom stereocenters. The van der Waals surface area contributed by atoms with Crippen molar-refractivity contribution < 1.29 is 19.1 Å². The highest BCUT2D eigenvalue weighted by Crippen LogP contribution is 2.29. The number of amides is 1. The van der Waals surface area contributed by atoms with Crippen LogP contribution in [0.3, 0.4) is 0 Å². The zero-order valence-corrected chi connectivity index (χ0v) is 20.0. The van der Waals surface area contributed by atoms with Gasteiger partial charge in [0.25, 0.3) is 0 Å². The number of hydrogen-bond acceptors (Lipinski definition) is 8. The smallest absolute Gasteiger partial charge is 0.320 e. The van der Waals surface area contributed by atoms with E-state index in [-0.39, 0.29) is 36.6 Å². The van der Waals surface area contributed by atoms with Crippen LogP contribution in [-0.4, -0.2) is 59.6 Å². The topological polar surface area (TPSA) is 106 Å². The molecule has 0 spiro atoms. The summed E-state index contributed by atoms with van der Waals surface area (Å²) < 4.78 is 10.4. The van der Waals surface area contributed by atoms with Crippen LogP contribution in [0.1, 0.15) is 25.5 Å². The highest BCUT2D eigenvalue weighted by Gasteiger charge is 2.22. The van der Waals surface area contributed by atoms with Crippen LogP contribution in [0.25, 0.3) is 10.9 Å². The highest BCUT2D eigenvalue weighted by atomic mass is 16.5. The van der Waals surface area contributed by atoms with Crippen LogP contribution in [0.4, 0.5) is 11.5 Å². The van der Waals surface area contributed by atoms with Crippen molar-refractivity contribution in [2.45, 2.75) is 26.0 Å². The monoisotopic (exact) mass is 475 g/mol. The van der Waals surface area contributed by atoms with Gasteiger partial charge in [-0.2, -0.15) is 9.97 Å². The Bertz CT molecular complexity index is 1230. The number of esters is 1. The third-order valence-electron chi connectivity index (χ3n) is 5.61. The number of benzene rings is 2. The van der Waals surface area contributed by atoms with Crippen molar-refractivity contribution in [3.63, 3.8) is 0 Å². The fraction of sp³-hybridized carbons (Fsp3) is 0.308.